The molecular formula is C33H58O4Si2. The van der Waals surface area contributed by atoms with Gasteiger partial charge in [-0.1, -0.05) is 84.3 Å². The third-order valence-corrected chi connectivity index (χ3v) is 19.8. The average molecular weight is 575 g/mol. The SMILES string of the molecule is CC(C)(C)[Si](C)(C)OC(C#C[C@@H]1[C@H]2CC(=CCCC(=O)O)[C@H]2CC[C@H]1O[Si](C)(C)C(C)(C)C)C1CCCCC1. The Labute approximate surface area is 242 Å². The Morgan fingerprint density at radius 1 is 0.974 bits per heavy atom. The molecule has 1 unspecified atom stereocenters. The van der Waals surface area contributed by atoms with Crippen molar-refractivity contribution < 1.29 is 18.8 Å². The first-order valence-corrected chi connectivity index (χ1v) is 21.5. The summed E-state index contributed by atoms with van der Waals surface area (Å²) >= 11 is 0. The van der Waals surface area contributed by atoms with Crippen LogP contribution in [0.1, 0.15) is 106 Å². The number of allylic oxidation sites excluding steroid dienone is 2. The standard InChI is InChI=1S/C33H58O4Si2/c1-32(2,3)38(7,8)36-29(24-15-12-11-13-16-24)21-20-27-28-23-25(17-14-18-31(34)35)26(28)19-22-30(27)37-39(9,10)33(4,5)6/h17,24,26-30H,11-16,18-19,22-23H2,1-10H3,(H,34,35)/t26-,27-,28+,29?,30-/m1/s1. The summed E-state index contributed by atoms with van der Waals surface area (Å²) in [6.45, 7) is 23.4. The minimum Gasteiger partial charge on any atom is -0.481 e. The first-order chi connectivity index (χ1) is 17.9. The van der Waals surface area contributed by atoms with Gasteiger partial charge in [0.1, 0.15) is 6.10 Å². The van der Waals surface area contributed by atoms with Gasteiger partial charge in [0.2, 0.25) is 0 Å². The topological polar surface area (TPSA) is 55.8 Å². The summed E-state index contributed by atoms with van der Waals surface area (Å²) in [5, 5.41) is 9.42. The minimum atomic E-state index is -1.95. The Kier molecular flexibility index (Phi) is 10.5. The number of aliphatic carboxylic acids is 1. The van der Waals surface area contributed by atoms with Crippen LogP contribution in [0.25, 0.3) is 0 Å². The maximum Gasteiger partial charge on any atom is 0.303 e. The van der Waals surface area contributed by atoms with Gasteiger partial charge in [0, 0.05) is 12.3 Å². The largest absolute Gasteiger partial charge is 0.481 e. The van der Waals surface area contributed by atoms with Crippen molar-refractivity contribution in [2.75, 3.05) is 0 Å². The zero-order valence-electron chi connectivity index (χ0n) is 26.8. The summed E-state index contributed by atoms with van der Waals surface area (Å²) in [7, 11) is -3.89. The van der Waals surface area contributed by atoms with Gasteiger partial charge in [-0.2, -0.15) is 0 Å². The second kappa shape index (κ2) is 12.6. The van der Waals surface area contributed by atoms with Gasteiger partial charge in [0.15, 0.2) is 16.6 Å². The number of carboxylic acid groups (broad SMARTS) is 1. The summed E-state index contributed by atoms with van der Waals surface area (Å²) in [5.41, 5.74) is 1.46. The number of carboxylic acids is 1. The third-order valence-electron chi connectivity index (χ3n) is 10.8. The highest BCUT2D eigenvalue weighted by Crippen LogP contribution is 2.53. The molecule has 4 nitrogen and oxygen atoms in total. The van der Waals surface area contributed by atoms with E-state index in [4.69, 9.17) is 14.0 Å². The van der Waals surface area contributed by atoms with Crippen molar-refractivity contribution in [2.24, 2.45) is 23.7 Å². The second-order valence-corrected chi connectivity index (χ2v) is 25.2. The fourth-order valence-corrected chi connectivity index (χ4v) is 8.73. The van der Waals surface area contributed by atoms with E-state index in [0.29, 0.717) is 24.2 Å². The Morgan fingerprint density at radius 2 is 1.59 bits per heavy atom. The lowest BCUT2D eigenvalue weighted by Crippen LogP contribution is -2.51. The molecule has 0 aromatic rings. The monoisotopic (exact) mass is 574 g/mol. The molecular weight excluding hydrogens is 517 g/mol. The Morgan fingerprint density at radius 3 is 2.15 bits per heavy atom. The van der Waals surface area contributed by atoms with E-state index in [2.05, 4.69) is 85.6 Å². The molecule has 0 aromatic carbocycles. The predicted octanol–water partition coefficient (Wildman–Crippen LogP) is 9.19. The van der Waals surface area contributed by atoms with E-state index in [1.165, 1.54) is 37.7 Å². The molecule has 0 saturated heterocycles. The quantitative estimate of drug-likeness (QED) is 0.178. The molecule has 3 fully saturated rings. The van der Waals surface area contributed by atoms with E-state index in [-0.39, 0.29) is 34.6 Å². The normalized spacial score (nSPS) is 28.7. The molecule has 0 aliphatic heterocycles. The van der Waals surface area contributed by atoms with Gasteiger partial charge in [-0.3, -0.25) is 4.79 Å². The van der Waals surface area contributed by atoms with Gasteiger partial charge < -0.3 is 14.0 Å². The van der Waals surface area contributed by atoms with Crippen molar-refractivity contribution in [2.45, 2.75) is 154 Å². The highest BCUT2D eigenvalue weighted by atomic mass is 28.4. The molecule has 3 saturated carbocycles. The van der Waals surface area contributed by atoms with E-state index >= 15 is 0 Å². The Hall–Kier alpha value is -0.876. The summed E-state index contributed by atoms with van der Waals surface area (Å²) in [4.78, 5) is 11.0. The van der Waals surface area contributed by atoms with Crippen LogP contribution < -0.4 is 0 Å². The molecule has 222 valence electrons. The summed E-state index contributed by atoms with van der Waals surface area (Å²) < 4.78 is 14.2. The Bertz CT molecular complexity index is 937. The maximum atomic E-state index is 11.0. The van der Waals surface area contributed by atoms with Crippen molar-refractivity contribution in [3.8, 4) is 11.8 Å². The van der Waals surface area contributed by atoms with E-state index in [0.717, 1.165) is 19.3 Å². The van der Waals surface area contributed by atoms with Gasteiger partial charge in [0.25, 0.3) is 0 Å². The number of hydrogen-bond donors (Lipinski definition) is 1. The van der Waals surface area contributed by atoms with Crippen LogP contribution in [0.4, 0.5) is 0 Å². The van der Waals surface area contributed by atoms with E-state index in [1.807, 2.05) is 0 Å². The molecule has 5 atom stereocenters. The minimum absolute atomic E-state index is 0.0192. The highest BCUT2D eigenvalue weighted by molar-refractivity contribution is 6.74. The van der Waals surface area contributed by atoms with E-state index in [9.17, 15) is 4.79 Å². The predicted molar refractivity (Wildman–Crippen MR) is 168 cm³/mol. The van der Waals surface area contributed by atoms with Crippen LogP contribution in [0.15, 0.2) is 11.6 Å². The Balaban J connectivity index is 1.90. The van der Waals surface area contributed by atoms with Gasteiger partial charge in [0.05, 0.1) is 6.10 Å². The lowest BCUT2D eigenvalue weighted by Gasteiger charge is -2.52. The van der Waals surface area contributed by atoms with Gasteiger partial charge in [-0.25, -0.2) is 0 Å². The highest BCUT2D eigenvalue weighted by Gasteiger charge is 2.50. The smallest absolute Gasteiger partial charge is 0.303 e. The van der Waals surface area contributed by atoms with Crippen molar-refractivity contribution in [3.05, 3.63) is 11.6 Å². The number of fused-ring (bicyclic) bond motifs is 1. The summed E-state index contributed by atoms with van der Waals surface area (Å²) in [6, 6.07) is 0. The fourth-order valence-electron chi connectivity index (χ4n) is 6.11. The van der Waals surface area contributed by atoms with Gasteiger partial charge in [-0.15, -0.1) is 0 Å². The van der Waals surface area contributed by atoms with Crippen LogP contribution in [-0.2, 0) is 13.6 Å². The van der Waals surface area contributed by atoms with Crippen molar-refractivity contribution >= 4 is 22.6 Å². The number of rotatable bonds is 8. The molecule has 0 radical (unpaired) electrons. The lowest BCUT2D eigenvalue weighted by molar-refractivity contribution is -0.136. The molecule has 1 N–H and O–H groups in total. The van der Waals surface area contributed by atoms with Crippen molar-refractivity contribution in [1.82, 2.24) is 0 Å². The maximum absolute atomic E-state index is 11.0. The third kappa shape index (κ3) is 8.12. The molecule has 0 spiro atoms. The summed E-state index contributed by atoms with van der Waals surface area (Å²) in [6.07, 6.45) is 12.8. The number of carbonyl (C=O) groups is 1. The molecule has 3 rings (SSSR count). The zero-order valence-corrected chi connectivity index (χ0v) is 28.8. The zero-order chi connectivity index (χ0) is 29.2. The van der Waals surface area contributed by atoms with Crippen LogP contribution in [0.2, 0.25) is 36.3 Å². The molecule has 0 bridgehead atoms. The van der Waals surface area contributed by atoms with E-state index < -0.39 is 22.6 Å². The van der Waals surface area contributed by atoms with E-state index in [1.54, 1.807) is 0 Å². The van der Waals surface area contributed by atoms with Crippen LogP contribution in [-0.4, -0.2) is 39.9 Å². The molecule has 3 aliphatic carbocycles. The van der Waals surface area contributed by atoms with Crippen LogP contribution in [0, 0.1) is 35.5 Å². The first kappa shape index (κ1) is 32.6. The van der Waals surface area contributed by atoms with Crippen LogP contribution >= 0.6 is 0 Å². The van der Waals surface area contributed by atoms with Gasteiger partial charge in [-0.05, 0) is 92.5 Å². The van der Waals surface area contributed by atoms with Crippen LogP contribution in [0.3, 0.4) is 0 Å². The lowest BCUT2D eigenvalue weighted by atomic mass is 9.57. The van der Waals surface area contributed by atoms with Crippen LogP contribution in [0.5, 0.6) is 0 Å². The molecule has 0 aromatic heterocycles. The average Bonchev–Trinajstić information content (AvgIpc) is 2.79. The van der Waals surface area contributed by atoms with Crippen molar-refractivity contribution in [3.63, 3.8) is 0 Å². The summed E-state index contributed by atoms with van der Waals surface area (Å²) in [5.74, 6) is 8.76. The van der Waals surface area contributed by atoms with Gasteiger partial charge >= 0.3 is 5.97 Å². The molecule has 0 heterocycles. The number of hydrogen-bond acceptors (Lipinski definition) is 3. The second-order valence-electron chi connectivity index (χ2n) is 15.7. The molecule has 39 heavy (non-hydrogen) atoms. The molecule has 3 aliphatic rings. The fraction of sp³-hybridized carbons (Fsp3) is 0.848. The molecule has 6 heteroatoms. The first-order valence-electron chi connectivity index (χ1n) is 15.7. The molecule has 0 amide bonds. The van der Waals surface area contributed by atoms with Crippen molar-refractivity contribution in [1.29, 1.82) is 0 Å².